The topological polar surface area (TPSA) is 135 Å². The maximum absolute atomic E-state index is 10.0. The SMILES string of the molecule is CCCCCCCC(=O)O.CCCCCCNC(=O)O.N.[Pt].c1ccc2c(c1)cnc1ccccc12. The Kier molecular flexibility index (Phi) is 22.7. The maximum Gasteiger partial charge on any atom is 0.404 e. The van der Waals surface area contributed by atoms with E-state index < -0.39 is 12.1 Å². The van der Waals surface area contributed by atoms with Gasteiger partial charge in [0.05, 0.1) is 5.52 Å². The predicted molar refractivity (Wildman–Crippen MR) is 145 cm³/mol. The van der Waals surface area contributed by atoms with Gasteiger partial charge in [-0.15, -0.1) is 0 Å². The summed E-state index contributed by atoms with van der Waals surface area (Å²) in [5, 5.41) is 22.5. The summed E-state index contributed by atoms with van der Waals surface area (Å²) in [6, 6.07) is 16.6. The van der Waals surface area contributed by atoms with Crippen LogP contribution < -0.4 is 11.5 Å². The van der Waals surface area contributed by atoms with Crippen LogP contribution in [0.25, 0.3) is 21.7 Å². The molecule has 0 spiro atoms. The van der Waals surface area contributed by atoms with Crippen LogP contribution in [0.15, 0.2) is 54.7 Å². The van der Waals surface area contributed by atoms with Gasteiger partial charge in [-0.05, 0) is 24.3 Å². The normalized spacial score (nSPS) is 9.50. The van der Waals surface area contributed by atoms with Crippen molar-refractivity contribution in [2.45, 2.75) is 78.1 Å². The number of carboxylic acid groups (broad SMARTS) is 2. The molecule has 8 heteroatoms. The Balaban J connectivity index is 0. The molecule has 0 radical (unpaired) electrons. The number of hydrogen-bond acceptors (Lipinski definition) is 4. The van der Waals surface area contributed by atoms with E-state index in [2.05, 4.69) is 54.5 Å². The van der Waals surface area contributed by atoms with Gasteiger partial charge in [0, 0.05) is 51.0 Å². The Morgan fingerprint density at radius 1 is 0.778 bits per heavy atom. The summed E-state index contributed by atoms with van der Waals surface area (Å²) in [5.74, 6) is -0.670. The van der Waals surface area contributed by atoms with Crippen LogP contribution in [0.2, 0.25) is 0 Å². The second kappa shape index (κ2) is 22.9. The van der Waals surface area contributed by atoms with Gasteiger partial charge in [0.2, 0.25) is 0 Å². The van der Waals surface area contributed by atoms with Crippen molar-refractivity contribution in [3.63, 3.8) is 0 Å². The fourth-order valence-electron chi connectivity index (χ4n) is 3.43. The molecule has 0 unspecified atom stereocenters. The van der Waals surface area contributed by atoms with E-state index in [1.54, 1.807) is 0 Å². The fraction of sp³-hybridized carbons (Fsp3) is 0.464. The molecule has 0 saturated heterocycles. The Hall–Kier alpha value is -2.50. The predicted octanol–water partition coefficient (Wildman–Crippen LogP) is 7.81. The largest absolute Gasteiger partial charge is 0.481 e. The standard InChI is InChI=1S/C13H9N.C8H16O2.C7H15NO2.H3N.Pt/c1-2-6-11-10(5-1)9-14-13-8-4-3-7-12(11)13;1-2-3-4-5-6-7-8(9)10;1-2-3-4-5-6-8-7(9)10;;/h1-9H;2-7H2,1H3,(H,9,10);8H,2-6H2,1H3,(H,9,10);1H3;. The molecule has 1 amide bonds. The van der Waals surface area contributed by atoms with Crippen LogP contribution >= 0.6 is 0 Å². The minimum Gasteiger partial charge on any atom is -0.481 e. The molecule has 0 saturated carbocycles. The molecule has 1 heterocycles. The number of aliphatic carboxylic acids is 1. The number of rotatable bonds is 11. The quantitative estimate of drug-likeness (QED) is 0.121. The summed E-state index contributed by atoms with van der Waals surface area (Å²) in [5.41, 5.74) is 1.06. The molecule has 0 aliphatic carbocycles. The zero-order valence-electron chi connectivity index (χ0n) is 21.7. The second-order valence-electron chi connectivity index (χ2n) is 8.21. The average molecular weight is 681 g/mol. The first-order chi connectivity index (χ1) is 16.5. The van der Waals surface area contributed by atoms with Crippen molar-refractivity contribution in [1.29, 1.82) is 0 Å². The molecule has 1 aromatic heterocycles. The van der Waals surface area contributed by atoms with E-state index in [-0.39, 0.29) is 27.2 Å². The van der Waals surface area contributed by atoms with E-state index in [1.807, 2.05) is 24.4 Å². The molecule has 0 atom stereocenters. The Morgan fingerprint density at radius 2 is 1.33 bits per heavy atom. The summed E-state index contributed by atoms with van der Waals surface area (Å²) >= 11 is 0. The number of fused-ring (bicyclic) bond motifs is 3. The molecular formula is C28H43N3O4Pt. The molecule has 0 fully saturated rings. The van der Waals surface area contributed by atoms with Crippen LogP contribution in [0, 0.1) is 0 Å². The molecule has 3 aromatic rings. The van der Waals surface area contributed by atoms with E-state index in [0.717, 1.165) is 31.2 Å². The number of para-hydroxylation sites is 1. The second-order valence-corrected chi connectivity index (χ2v) is 8.21. The van der Waals surface area contributed by atoms with Gasteiger partial charge in [-0.1, -0.05) is 101 Å². The van der Waals surface area contributed by atoms with Gasteiger partial charge in [-0.2, -0.15) is 0 Å². The van der Waals surface area contributed by atoms with Crippen molar-refractivity contribution in [1.82, 2.24) is 16.5 Å². The number of amides is 1. The first kappa shape index (κ1) is 35.7. The Bertz CT molecular complexity index is 906. The zero-order chi connectivity index (χ0) is 25.0. The van der Waals surface area contributed by atoms with E-state index in [1.165, 1.54) is 48.3 Å². The van der Waals surface area contributed by atoms with Crippen molar-refractivity contribution < 1.29 is 40.9 Å². The van der Waals surface area contributed by atoms with Crippen LogP contribution in [-0.2, 0) is 25.9 Å². The minimum atomic E-state index is -0.920. The van der Waals surface area contributed by atoms with E-state index in [9.17, 15) is 9.59 Å². The van der Waals surface area contributed by atoms with Gasteiger partial charge in [0.15, 0.2) is 0 Å². The smallest absolute Gasteiger partial charge is 0.404 e. The molecule has 0 aliphatic heterocycles. The maximum atomic E-state index is 10.0. The van der Waals surface area contributed by atoms with Gasteiger partial charge in [0.1, 0.15) is 0 Å². The number of unbranched alkanes of at least 4 members (excludes halogenated alkanes) is 7. The molecule has 0 bridgehead atoms. The number of nitrogens with one attached hydrogen (secondary N) is 1. The number of nitrogens with zero attached hydrogens (tertiary/aromatic N) is 1. The number of aromatic nitrogens is 1. The third-order valence-electron chi connectivity index (χ3n) is 5.30. The third kappa shape index (κ3) is 16.2. The van der Waals surface area contributed by atoms with E-state index >= 15 is 0 Å². The van der Waals surface area contributed by atoms with Crippen LogP contribution in [0.3, 0.4) is 0 Å². The minimum absolute atomic E-state index is 0. The van der Waals surface area contributed by atoms with E-state index in [0.29, 0.717) is 13.0 Å². The van der Waals surface area contributed by atoms with Crippen molar-refractivity contribution in [2.75, 3.05) is 6.54 Å². The van der Waals surface area contributed by atoms with Crippen LogP contribution in [-0.4, -0.2) is 33.8 Å². The first-order valence-electron chi connectivity index (χ1n) is 12.4. The van der Waals surface area contributed by atoms with Gasteiger partial charge in [0.25, 0.3) is 0 Å². The Labute approximate surface area is 229 Å². The summed E-state index contributed by atoms with van der Waals surface area (Å²) in [4.78, 5) is 24.4. The first-order valence-corrected chi connectivity index (χ1v) is 12.4. The van der Waals surface area contributed by atoms with Crippen molar-refractivity contribution in [3.8, 4) is 0 Å². The molecule has 6 N–H and O–H groups in total. The van der Waals surface area contributed by atoms with Crippen LogP contribution in [0.4, 0.5) is 4.79 Å². The molecule has 7 nitrogen and oxygen atoms in total. The number of carboxylic acids is 1. The van der Waals surface area contributed by atoms with Crippen molar-refractivity contribution >= 4 is 33.7 Å². The molecule has 204 valence electrons. The Morgan fingerprint density at radius 3 is 1.94 bits per heavy atom. The fourth-order valence-corrected chi connectivity index (χ4v) is 3.43. The molecule has 3 rings (SSSR count). The van der Waals surface area contributed by atoms with Gasteiger partial charge in [-0.25, -0.2) is 4.79 Å². The van der Waals surface area contributed by atoms with Crippen molar-refractivity contribution in [3.05, 3.63) is 54.7 Å². The monoisotopic (exact) mass is 680 g/mol. The van der Waals surface area contributed by atoms with Crippen LogP contribution in [0.1, 0.15) is 78.1 Å². The van der Waals surface area contributed by atoms with Gasteiger partial charge < -0.3 is 21.7 Å². The van der Waals surface area contributed by atoms with Crippen molar-refractivity contribution in [2.24, 2.45) is 0 Å². The molecule has 0 aliphatic rings. The summed E-state index contributed by atoms with van der Waals surface area (Å²) in [6.07, 6.45) is 11.4. The third-order valence-corrected chi connectivity index (χ3v) is 5.30. The average Bonchev–Trinajstić information content (AvgIpc) is 2.84. The summed E-state index contributed by atoms with van der Waals surface area (Å²) < 4.78 is 0. The van der Waals surface area contributed by atoms with Gasteiger partial charge in [-0.3, -0.25) is 9.78 Å². The number of pyridine rings is 1. The van der Waals surface area contributed by atoms with Crippen LogP contribution in [0.5, 0.6) is 0 Å². The molecule has 2 aromatic carbocycles. The number of carbonyl (C=O) groups is 2. The summed E-state index contributed by atoms with van der Waals surface area (Å²) in [7, 11) is 0. The van der Waals surface area contributed by atoms with E-state index in [4.69, 9.17) is 10.2 Å². The molecule has 36 heavy (non-hydrogen) atoms. The number of benzene rings is 2. The van der Waals surface area contributed by atoms with Gasteiger partial charge >= 0.3 is 12.1 Å². The molecular weight excluding hydrogens is 637 g/mol. The number of hydrogen-bond donors (Lipinski definition) is 4. The summed E-state index contributed by atoms with van der Waals surface area (Å²) in [6.45, 7) is 4.87. The zero-order valence-corrected chi connectivity index (χ0v) is 23.9.